The first kappa shape index (κ1) is 12.4. The van der Waals surface area contributed by atoms with E-state index in [1.807, 2.05) is 0 Å². The van der Waals surface area contributed by atoms with Crippen molar-refractivity contribution in [2.75, 3.05) is 11.2 Å². The molecule has 84 valence electrons. The summed E-state index contributed by atoms with van der Waals surface area (Å²) >= 11 is 6.82. The number of thiocarbonyl (C=S) groups is 1. The van der Waals surface area contributed by atoms with Crippen LogP contribution in [0.1, 0.15) is 32.6 Å². The molecule has 0 radical (unpaired) electrons. The summed E-state index contributed by atoms with van der Waals surface area (Å²) in [6.07, 6.45) is 8.27. The number of rotatable bonds is 6. The molecule has 1 heterocycles. The van der Waals surface area contributed by atoms with E-state index in [2.05, 4.69) is 22.5 Å². The fraction of sp³-hybridized carbons (Fsp3) is 0.667. The van der Waals surface area contributed by atoms with Gasteiger partial charge in [0.15, 0.2) is 4.32 Å². The maximum atomic E-state index is 5.16. The van der Waals surface area contributed by atoms with E-state index in [9.17, 15) is 0 Å². The fourth-order valence-electron chi connectivity index (χ4n) is 1.09. The van der Waals surface area contributed by atoms with Crippen molar-refractivity contribution in [3.05, 3.63) is 12.7 Å². The van der Waals surface area contributed by atoms with Crippen LogP contribution in [0, 0.1) is 0 Å². The minimum Gasteiger partial charge on any atom is -0.276 e. The third-order valence-electron chi connectivity index (χ3n) is 1.87. The number of nitrogens with one attached hydrogen (secondary N) is 1. The summed E-state index contributed by atoms with van der Waals surface area (Å²) < 4.78 is 2.42. The molecule has 0 spiro atoms. The van der Waals surface area contributed by atoms with Crippen molar-refractivity contribution in [2.24, 2.45) is 0 Å². The fourth-order valence-corrected chi connectivity index (χ4v) is 2.15. The van der Waals surface area contributed by atoms with Crippen LogP contribution in [0.3, 0.4) is 0 Å². The van der Waals surface area contributed by atoms with E-state index in [0.717, 1.165) is 10.1 Å². The van der Waals surface area contributed by atoms with E-state index >= 15 is 0 Å². The molecular formula is C9H16N4S2. The topological polar surface area (TPSA) is 42.7 Å². The van der Waals surface area contributed by atoms with Crippen LogP contribution in [0.2, 0.25) is 0 Å². The van der Waals surface area contributed by atoms with Gasteiger partial charge in [0.05, 0.1) is 0 Å². The molecule has 0 saturated carbocycles. The van der Waals surface area contributed by atoms with Gasteiger partial charge in [-0.25, -0.2) is 4.68 Å². The molecule has 0 saturated heterocycles. The first-order valence-corrected chi connectivity index (χ1v) is 6.50. The highest BCUT2D eigenvalue weighted by Crippen LogP contribution is 2.08. The molecule has 1 N–H and O–H groups in total. The molecule has 6 heteroatoms. The highest BCUT2D eigenvalue weighted by molar-refractivity contribution is 8.23. The Bertz CT molecular complexity index is 274. The summed E-state index contributed by atoms with van der Waals surface area (Å²) in [5.74, 6) is 1.08. The molecule has 0 unspecified atom stereocenters. The van der Waals surface area contributed by atoms with Gasteiger partial charge in [-0.3, -0.25) is 5.43 Å². The number of hydrogen-bond acceptors (Lipinski definition) is 4. The Morgan fingerprint density at radius 1 is 1.33 bits per heavy atom. The Labute approximate surface area is 99.8 Å². The molecule has 0 aliphatic rings. The van der Waals surface area contributed by atoms with Crippen LogP contribution in [0.5, 0.6) is 0 Å². The van der Waals surface area contributed by atoms with Gasteiger partial charge in [0.1, 0.15) is 12.7 Å². The first-order chi connectivity index (χ1) is 7.33. The number of thioether (sulfide) groups is 1. The lowest BCUT2D eigenvalue weighted by atomic mass is 10.2. The second-order valence-corrected chi connectivity index (χ2v) is 4.95. The van der Waals surface area contributed by atoms with Gasteiger partial charge < -0.3 is 0 Å². The zero-order chi connectivity index (χ0) is 10.9. The minimum absolute atomic E-state index is 0.770. The summed E-state index contributed by atoms with van der Waals surface area (Å²) in [6, 6.07) is 0. The number of nitrogens with zero attached hydrogens (tertiary/aromatic N) is 3. The van der Waals surface area contributed by atoms with Gasteiger partial charge in [-0.05, 0) is 6.42 Å². The second-order valence-electron chi connectivity index (χ2n) is 3.18. The average molecular weight is 244 g/mol. The molecule has 0 aromatic carbocycles. The van der Waals surface area contributed by atoms with E-state index in [-0.39, 0.29) is 0 Å². The lowest BCUT2D eigenvalue weighted by Gasteiger charge is -2.06. The maximum absolute atomic E-state index is 5.16. The van der Waals surface area contributed by atoms with Gasteiger partial charge in [0.25, 0.3) is 0 Å². The van der Waals surface area contributed by atoms with Gasteiger partial charge in [-0.1, -0.05) is 50.2 Å². The van der Waals surface area contributed by atoms with Crippen molar-refractivity contribution in [3.8, 4) is 0 Å². The van der Waals surface area contributed by atoms with Crippen LogP contribution in [-0.4, -0.2) is 24.9 Å². The van der Waals surface area contributed by atoms with Gasteiger partial charge in [0, 0.05) is 5.75 Å². The molecule has 0 amide bonds. The SMILES string of the molecule is CCCCCCSC(=S)Nn1cnnc1. The quantitative estimate of drug-likeness (QED) is 0.615. The van der Waals surface area contributed by atoms with E-state index in [4.69, 9.17) is 12.2 Å². The van der Waals surface area contributed by atoms with Crippen LogP contribution in [-0.2, 0) is 0 Å². The molecular weight excluding hydrogens is 228 g/mol. The van der Waals surface area contributed by atoms with E-state index < -0.39 is 0 Å². The van der Waals surface area contributed by atoms with Crippen molar-refractivity contribution >= 4 is 28.3 Å². The van der Waals surface area contributed by atoms with Crippen LogP contribution < -0.4 is 5.43 Å². The zero-order valence-electron chi connectivity index (χ0n) is 8.85. The standard InChI is InChI=1S/C9H16N4S2/c1-2-3-4-5-6-15-9(14)12-13-7-10-11-8-13/h7-8H,2-6H2,1H3,(H,12,14). The third-order valence-corrected chi connectivity index (χ3v) is 3.16. The lowest BCUT2D eigenvalue weighted by Crippen LogP contribution is -2.16. The first-order valence-electron chi connectivity index (χ1n) is 5.11. The van der Waals surface area contributed by atoms with Crippen molar-refractivity contribution in [1.82, 2.24) is 14.9 Å². The zero-order valence-corrected chi connectivity index (χ0v) is 10.5. The average Bonchev–Trinajstić information content (AvgIpc) is 2.70. The molecule has 1 aromatic heterocycles. The molecule has 0 bridgehead atoms. The largest absolute Gasteiger partial charge is 0.276 e. The minimum atomic E-state index is 0.770. The maximum Gasteiger partial charge on any atom is 0.152 e. The Morgan fingerprint density at radius 2 is 2.07 bits per heavy atom. The summed E-state index contributed by atoms with van der Waals surface area (Å²) in [5.41, 5.74) is 3.00. The summed E-state index contributed by atoms with van der Waals surface area (Å²) in [4.78, 5) is 0. The summed E-state index contributed by atoms with van der Waals surface area (Å²) in [6.45, 7) is 2.21. The molecule has 1 aromatic rings. The van der Waals surface area contributed by atoms with E-state index in [1.54, 1.807) is 29.1 Å². The summed E-state index contributed by atoms with van der Waals surface area (Å²) in [5, 5.41) is 7.36. The Hall–Kier alpha value is -0.620. The van der Waals surface area contributed by atoms with Gasteiger partial charge in [-0.2, -0.15) is 0 Å². The van der Waals surface area contributed by atoms with Gasteiger partial charge >= 0.3 is 0 Å². The lowest BCUT2D eigenvalue weighted by molar-refractivity contribution is 0.707. The number of hydrogen-bond donors (Lipinski definition) is 1. The van der Waals surface area contributed by atoms with E-state index in [1.165, 1.54) is 25.7 Å². The molecule has 0 aliphatic carbocycles. The van der Waals surface area contributed by atoms with Crippen molar-refractivity contribution < 1.29 is 0 Å². The van der Waals surface area contributed by atoms with Gasteiger partial charge in [-0.15, -0.1) is 10.2 Å². The van der Waals surface area contributed by atoms with Gasteiger partial charge in [0.2, 0.25) is 0 Å². The number of unbranched alkanes of at least 4 members (excludes halogenated alkanes) is 3. The Kier molecular flexibility index (Phi) is 6.34. The predicted molar refractivity (Wildman–Crippen MR) is 68.6 cm³/mol. The van der Waals surface area contributed by atoms with E-state index in [0.29, 0.717) is 0 Å². The normalized spacial score (nSPS) is 10.2. The molecule has 4 nitrogen and oxygen atoms in total. The molecule has 0 atom stereocenters. The molecule has 0 fully saturated rings. The van der Waals surface area contributed by atoms with Crippen LogP contribution >= 0.6 is 24.0 Å². The number of aromatic nitrogens is 3. The van der Waals surface area contributed by atoms with Crippen LogP contribution in [0.25, 0.3) is 0 Å². The predicted octanol–water partition coefficient (Wildman–Crippen LogP) is 2.42. The molecule has 1 rings (SSSR count). The van der Waals surface area contributed by atoms with Crippen LogP contribution in [0.4, 0.5) is 0 Å². The third kappa shape index (κ3) is 5.74. The smallest absolute Gasteiger partial charge is 0.152 e. The second kappa shape index (κ2) is 7.64. The van der Waals surface area contributed by atoms with Crippen molar-refractivity contribution in [3.63, 3.8) is 0 Å². The van der Waals surface area contributed by atoms with Crippen LogP contribution in [0.15, 0.2) is 12.7 Å². The Balaban J connectivity index is 2.04. The Morgan fingerprint density at radius 3 is 2.73 bits per heavy atom. The van der Waals surface area contributed by atoms with Crippen molar-refractivity contribution in [1.29, 1.82) is 0 Å². The summed E-state index contributed by atoms with van der Waals surface area (Å²) in [7, 11) is 0. The highest BCUT2D eigenvalue weighted by atomic mass is 32.2. The monoisotopic (exact) mass is 244 g/mol. The molecule has 0 aliphatic heterocycles. The highest BCUT2D eigenvalue weighted by Gasteiger charge is 1.97. The van der Waals surface area contributed by atoms with Crippen molar-refractivity contribution in [2.45, 2.75) is 32.6 Å². The molecule has 15 heavy (non-hydrogen) atoms.